The highest BCUT2D eigenvalue weighted by atomic mass is 16.1. The fourth-order valence-electron chi connectivity index (χ4n) is 1.45. The van der Waals surface area contributed by atoms with Gasteiger partial charge in [0.2, 0.25) is 0 Å². The summed E-state index contributed by atoms with van der Waals surface area (Å²) in [4.78, 5) is 22.5. The van der Waals surface area contributed by atoms with Crippen LogP contribution < -0.4 is 5.56 Å². The van der Waals surface area contributed by atoms with E-state index in [9.17, 15) is 9.59 Å². The predicted octanol–water partition coefficient (Wildman–Crippen LogP) is 2.63. The number of aromatic nitrogens is 2. The lowest BCUT2D eigenvalue weighted by Gasteiger charge is -1.96. The Labute approximate surface area is 103 Å². The van der Waals surface area contributed by atoms with E-state index in [0.29, 0.717) is 16.9 Å². The molecule has 0 radical (unpaired) electrons. The summed E-state index contributed by atoms with van der Waals surface area (Å²) in [7, 11) is 0. The number of aromatic amines is 2. The number of H-pyrrole nitrogens is 2. The van der Waals surface area contributed by atoms with Crippen molar-refractivity contribution >= 4 is 17.2 Å². The summed E-state index contributed by atoms with van der Waals surface area (Å²) >= 11 is 0. The highest BCUT2D eigenvalue weighted by Gasteiger charge is 2.04. The van der Waals surface area contributed by atoms with Crippen LogP contribution in [0.2, 0.25) is 0 Å². The van der Waals surface area contributed by atoms with Crippen molar-refractivity contribution in [2.45, 2.75) is 13.8 Å². The second kappa shape index (κ2) is 4.79. The van der Waals surface area contributed by atoms with E-state index in [1.165, 1.54) is 6.92 Å². The molecule has 1 heterocycles. The molecule has 2 N–H and O–H groups in total. The summed E-state index contributed by atoms with van der Waals surface area (Å²) in [5.41, 5.74) is 1.63. The summed E-state index contributed by atoms with van der Waals surface area (Å²) in [6, 6.07) is 6.77. The molecule has 1 aromatic carbocycles. The van der Waals surface area contributed by atoms with E-state index in [1.54, 1.807) is 31.2 Å². The van der Waals surface area contributed by atoms with Crippen molar-refractivity contribution < 1.29 is 4.79 Å². The maximum atomic E-state index is 11.3. The average molecular weight is 244 g/mol. The molecule has 0 saturated heterocycles. The molecule has 6 nitrogen and oxygen atoms in total. The largest absolute Gasteiger partial charge is 0.300 e. The van der Waals surface area contributed by atoms with Gasteiger partial charge in [-0.05, 0) is 26.0 Å². The molecule has 0 aliphatic carbocycles. The molecule has 92 valence electrons. The SMILES string of the molecule is CC(=O)c1cccc(N=Nc2c(C)[nH][nH]c2=O)c1. The van der Waals surface area contributed by atoms with Gasteiger partial charge in [0.15, 0.2) is 11.5 Å². The third-order valence-corrected chi connectivity index (χ3v) is 2.45. The van der Waals surface area contributed by atoms with E-state index in [0.717, 1.165) is 0 Å². The Hall–Kier alpha value is -2.50. The molecule has 0 saturated carbocycles. The van der Waals surface area contributed by atoms with Gasteiger partial charge in [-0.1, -0.05) is 12.1 Å². The van der Waals surface area contributed by atoms with Gasteiger partial charge < -0.3 is 5.10 Å². The first-order chi connectivity index (χ1) is 8.58. The maximum absolute atomic E-state index is 11.3. The zero-order valence-corrected chi connectivity index (χ0v) is 10.0. The lowest BCUT2D eigenvalue weighted by Crippen LogP contribution is -1.96. The van der Waals surface area contributed by atoms with Crippen LogP contribution in [-0.4, -0.2) is 16.0 Å². The standard InChI is InChI=1S/C12H12N4O2/c1-7-11(12(18)16-13-7)15-14-10-5-3-4-9(6-10)8(2)17/h3-6H,1-2H3,(H2,13,16,18). The fraction of sp³-hybridized carbons (Fsp3) is 0.167. The zero-order chi connectivity index (χ0) is 13.1. The fourth-order valence-corrected chi connectivity index (χ4v) is 1.45. The smallest absolute Gasteiger partial charge is 0.291 e. The number of Topliss-reactive ketones (excluding diaryl/α,β-unsaturated/α-hetero) is 1. The van der Waals surface area contributed by atoms with Crippen molar-refractivity contribution in [1.29, 1.82) is 0 Å². The van der Waals surface area contributed by atoms with E-state index in [4.69, 9.17) is 0 Å². The van der Waals surface area contributed by atoms with Crippen LogP contribution in [0.1, 0.15) is 23.0 Å². The maximum Gasteiger partial charge on any atom is 0.291 e. The molecular formula is C12H12N4O2. The quantitative estimate of drug-likeness (QED) is 0.641. The first-order valence-electron chi connectivity index (χ1n) is 5.38. The molecular weight excluding hydrogens is 232 g/mol. The van der Waals surface area contributed by atoms with Crippen molar-refractivity contribution in [2.75, 3.05) is 0 Å². The van der Waals surface area contributed by atoms with Gasteiger partial charge in [0.25, 0.3) is 5.56 Å². The average Bonchev–Trinajstić information content (AvgIpc) is 2.67. The lowest BCUT2D eigenvalue weighted by molar-refractivity contribution is 0.101. The van der Waals surface area contributed by atoms with Gasteiger partial charge in [-0.2, -0.15) is 5.11 Å². The minimum absolute atomic E-state index is 0.0391. The molecule has 0 unspecified atom stereocenters. The third kappa shape index (κ3) is 2.42. The van der Waals surface area contributed by atoms with Crippen molar-refractivity contribution in [2.24, 2.45) is 10.2 Å². The number of ketones is 1. The summed E-state index contributed by atoms with van der Waals surface area (Å²) in [5, 5.41) is 12.9. The van der Waals surface area contributed by atoms with Gasteiger partial charge in [-0.3, -0.25) is 14.7 Å². The summed E-state index contributed by atoms with van der Waals surface area (Å²) < 4.78 is 0. The molecule has 18 heavy (non-hydrogen) atoms. The minimum atomic E-state index is -0.320. The van der Waals surface area contributed by atoms with Crippen LogP contribution in [0, 0.1) is 6.92 Å². The van der Waals surface area contributed by atoms with Gasteiger partial charge in [0.05, 0.1) is 11.4 Å². The lowest BCUT2D eigenvalue weighted by atomic mass is 10.1. The minimum Gasteiger partial charge on any atom is -0.300 e. The predicted molar refractivity (Wildman–Crippen MR) is 66.8 cm³/mol. The highest BCUT2D eigenvalue weighted by Crippen LogP contribution is 2.18. The number of carbonyl (C=O) groups excluding carboxylic acids is 1. The van der Waals surface area contributed by atoms with Crippen LogP contribution in [0.5, 0.6) is 0 Å². The number of rotatable bonds is 3. The Morgan fingerprint density at radius 2 is 2.00 bits per heavy atom. The van der Waals surface area contributed by atoms with Crippen molar-refractivity contribution in [3.05, 3.63) is 45.9 Å². The van der Waals surface area contributed by atoms with Crippen molar-refractivity contribution in [3.63, 3.8) is 0 Å². The van der Waals surface area contributed by atoms with E-state index < -0.39 is 0 Å². The molecule has 0 atom stereocenters. The number of hydrogen-bond acceptors (Lipinski definition) is 4. The normalized spacial score (nSPS) is 11.0. The van der Waals surface area contributed by atoms with Crippen LogP contribution in [0.15, 0.2) is 39.3 Å². The monoisotopic (exact) mass is 244 g/mol. The van der Waals surface area contributed by atoms with Crippen LogP contribution in [0.3, 0.4) is 0 Å². The Balaban J connectivity index is 2.32. The van der Waals surface area contributed by atoms with Gasteiger partial charge in [-0.25, -0.2) is 0 Å². The van der Waals surface area contributed by atoms with Crippen LogP contribution in [-0.2, 0) is 0 Å². The number of nitrogens with zero attached hydrogens (tertiary/aromatic N) is 2. The molecule has 0 spiro atoms. The number of hydrogen-bond donors (Lipinski definition) is 2. The van der Waals surface area contributed by atoms with Crippen LogP contribution in [0.4, 0.5) is 11.4 Å². The number of azo groups is 1. The van der Waals surface area contributed by atoms with E-state index in [1.807, 2.05) is 0 Å². The van der Waals surface area contributed by atoms with E-state index >= 15 is 0 Å². The van der Waals surface area contributed by atoms with Crippen molar-refractivity contribution in [3.8, 4) is 0 Å². The molecule has 0 fully saturated rings. The second-order valence-electron chi connectivity index (χ2n) is 3.86. The van der Waals surface area contributed by atoms with Gasteiger partial charge in [-0.15, -0.1) is 5.11 Å². The van der Waals surface area contributed by atoms with Crippen molar-refractivity contribution in [1.82, 2.24) is 10.2 Å². The Morgan fingerprint density at radius 1 is 1.22 bits per heavy atom. The van der Waals surface area contributed by atoms with Gasteiger partial charge in [0.1, 0.15) is 0 Å². The van der Waals surface area contributed by atoms with Gasteiger partial charge >= 0.3 is 0 Å². The number of carbonyl (C=O) groups is 1. The summed E-state index contributed by atoms with van der Waals surface area (Å²) in [5.74, 6) is -0.0391. The molecule has 6 heteroatoms. The summed E-state index contributed by atoms with van der Waals surface area (Å²) in [6.45, 7) is 3.20. The second-order valence-corrected chi connectivity index (χ2v) is 3.86. The van der Waals surface area contributed by atoms with Gasteiger partial charge in [0, 0.05) is 5.56 Å². The molecule has 2 aromatic rings. The number of nitrogens with one attached hydrogen (secondary N) is 2. The molecule has 0 amide bonds. The molecule has 1 aromatic heterocycles. The zero-order valence-electron chi connectivity index (χ0n) is 10.0. The third-order valence-electron chi connectivity index (χ3n) is 2.45. The Kier molecular flexibility index (Phi) is 3.18. The number of aryl methyl sites for hydroxylation is 1. The van der Waals surface area contributed by atoms with E-state index in [2.05, 4.69) is 20.4 Å². The van der Waals surface area contributed by atoms with E-state index in [-0.39, 0.29) is 17.0 Å². The van der Waals surface area contributed by atoms with Crippen LogP contribution >= 0.6 is 0 Å². The first-order valence-corrected chi connectivity index (χ1v) is 5.38. The highest BCUT2D eigenvalue weighted by molar-refractivity contribution is 5.94. The number of benzene rings is 1. The topological polar surface area (TPSA) is 90.4 Å². The molecule has 2 rings (SSSR count). The van der Waals surface area contributed by atoms with Crippen LogP contribution in [0.25, 0.3) is 0 Å². The molecule has 0 aliphatic heterocycles. The first kappa shape index (κ1) is 12.0. The Bertz CT molecular complexity index is 667. The molecule has 0 bridgehead atoms. The molecule has 0 aliphatic rings. The summed E-state index contributed by atoms with van der Waals surface area (Å²) in [6.07, 6.45) is 0. The Morgan fingerprint density at radius 3 is 2.61 bits per heavy atom.